The number of halogens is 1. The Balaban J connectivity index is 2.88. The minimum atomic E-state index is -0.911. The van der Waals surface area contributed by atoms with Gasteiger partial charge in [-0.1, -0.05) is 25.1 Å². The van der Waals surface area contributed by atoms with E-state index in [1.807, 2.05) is 6.92 Å². The van der Waals surface area contributed by atoms with Crippen molar-refractivity contribution in [2.45, 2.75) is 25.5 Å². The zero-order valence-electron chi connectivity index (χ0n) is 7.57. The molecule has 2 atom stereocenters. The monoisotopic (exact) mass is 183 g/mol. The van der Waals surface area contributed by atoms with E-state index in [1.165, 1.54) is 6.07 Å². The normalized spacial score (nSPS) is 15.4. The van der Waals surface area contributed by atoms with E-state index in [2.05, 4.69) is 0 Å². The van der Waals surface area contributed by atoms with Crippen molar-refractivity contribution in [3.63, 3.8) is 0 Å². The van der Waals surface area contributed by atoms with E-state index in [1.54, 1.807) is 18.2 Å². The van der Waals surface area contributed by atoms with Crippen molar-refractivity contribution in [3.05, 3.63) is 35.6 Å². The Hall–Kier alpha value is -0.930. The van der Waals surface area contributed by atoms with Crippen molar-refractivity contribution < 1.29 is 9.50 Å². The molecule has 0 aromatic heterocycles. The Morgan fingerprint density at radius 1 is 1.46 bits per heavy atom. The molecule has 0 fully saturated rings. The highest BCUT2D eigenvalue weighted by Gasteiger charge is 2.17. The van der Waals surface area contributed by atoms with Gasteiger partial charge in [0.1, 0.15) is 5.82 Å². The summed E-state index contributed by atoms with van der Waals surface area (Å²) in [7, 11) is 0. The summed E-state index contributed by atoms with van der Waals surface area (Å²) >= 11 is 0. The number of aliphatic hydroxyl groups is 1. The van der Waals surface area contributed by atoms with E-state index in [9.17, 15) is 9.50 Å². The predicted octanol–water partition coefficient (Wildman–Crippen LogP) is 1.60. The molecule has 1 rings (SSSR count). The van der Waals surface area contributed by atoms with E-state index >= 15 is 0 Å². The lowest BCUT2D eigenvalue weighted by molar-refractivity contribution is 0.140. The van der Waals surface area contributed by atoms with Gasteiger partial charge in [0.15, 0.2) is 0 Å². The highest BCUT2D eigenvalue weighted by atomic mass is 19.1. The first-order chi connectivity index (χ1) is 6.16. The zero-order valence-corrected chi connectivity index (χ0v) is 7.57. The number of hydrogen-bond acceptors (Lipinski definition) is 2. The van der Waals surface area contributed by atoms with Crippen LogP contribution in [0.3, 0.4) is 0 Å². The van der Waals surface area contributed by atoms with Crippen LogP contribution in [0.1, 0.15) is 25.0 Å². The largest absolute Gasteiger partial charge is 0.387 e. The maximum Gasteiger partial charge on any atom is 0.129 e. The molecule has 1 aromatic rings. The van der Waals surface area contributed by atoms with E-state index < -0.39 is 18.0 Å². The van der Waals surface area contributed by atoms with E-state index in [4.69, 9.17) is 5.73 Å². The molecule has 2 nitrogen and oxygen atoms in total. The molecule has 0 aliphatic rings. The summed E-state index contributed by atoms with van der Waals surface area (Å²) in [6.07, 6.45) is -0.290. The fourth-order valence-corrected chi connectivity index (χ4v) is 1.17. The Kier molecular flexibility index (Phi) is 3.39. The van der Waals surface area contributed by atoms with Gasteiger partial charge in [-0.3, -0.25) is 0 Å². The van der Waals surface area contributed by atoms with Crippen molar-refractivity contribution >= 4 is 0 Å². The second-order valence-corrected chi connectivity index (χ2v) is 3.04. The molecule has 1 aromatic carbocycles. The molecule has 3 N–H and O–H groups in total. The minimum absolute atomic E-state index is 0.275. The van der Waals surface area contributed by atoms with Crippen molar-refractivity contribution in [2.24, 2.45) is 5.73 Å². The molecule has 0 bridgehead atoms. The number of hydrogen-bond donors (Lipinski definition) is 2. The van der Waals surface area contributed by atoms with Crippen LogP contribution in [0.25, 0.3) is 0 Å². The number of aliphatic hydroxyl groups excluding tert-OH is 1. The van der Waals surface area contributed by atoms with E-state index in [0.29, 0.717) is 6.42 Å². The molecule has 0 unspecified atom stereocenters. The summed E-state index contributed by atoms with van der Waals surface area (Å²) in [6.45, 7) is 1.86. The van der Waals surface area contributed by atoms with E-state index in [0.717, 1.165) is 0 Å². The summed E-state index contributed by atoms with van der Waals surface area (Å²) in [5, 5.41) is 9.60. The van der Waals surface area contributed by atoms with Crippen LogP contribution in [-0.4, -0.2) is 11.1 Å². The van der Waals surface area contributed by atoms with Crippen LogP contribution in [0.4, 0.5) is 4.39 Å². The van der Waals surface area contributed by atoms with Gasteiger partial charge in [-0.2, -0.15) is 0 Å². The molecule has 0 radical (unpaired) electrons. The quantitative estimate of drug-likeness (QED) is 0.747. The smallest absolute Gasteiger partial charge is 0.129 e. The Morgan fingerprint density at radius 2 is 2.08 bits per heavy atom. The maximum atomic E-state index is 13.1. The van der Waals surface area contributed by atoms with Gasteiger partial charge >= 0.3 is 0 Å². The first-order valence-corrected chi connectivity index (χ1v) is 4.35. The first kappa shape index (κ1) is 10.2. The Bertz CT molecular complexity index is 277. The number of benzene rings is 1. The molecule has 0 amide bonds. The van der Waals surface area contributed by atoms with Gasteiger partial charge < -0.3 is 10.8 Å². The molecule has 13 heavy (non-hydrogen) atoms. The van der Waals surface area contributed by atoms with E-state index in [-0.39, 0.29) is 5.56 Å². The van der Waals surface area contributed by atoms with Crippen LogP contribution in [0.5, 0.6) is 0 Å². The van der Waals surface area contributed by atoms with Crippen molar-refractivity contribution in [1.29, 1.82) is 0 Å². The predicted molar refractivity (Wildman–Crippen MR) is 49.6 cm³/mol. The maximum absolute atomic E-state index is 13.1. The SMILES string of the molecule is CC[C@@H](N)[C@@H](O)c1ccccc1F. The third kappa shape index (κ3) is 2.26. The van der Waals surface area contributed by atoms with Crippen LogP contribution >= 0.6 is 0 Å². The molecule has 0 aliphatic heterocycles. The van der Waals surface area contributed by atoms with Crippen LogP contribution in [0.2, 0.25) is 0 Å². The lowest BCUT2D eigenvalue weighted by atomic mass is 10.0. The summed E-state index contributed by atoms with van der Waals surface area (Å²) in [4.78, 5) is 0. The summed E-state index contributed by atoms with van der Waals surface area (Å²) in [5.74, 6) is -0.404. The highest BCUT2D eigenvalue weighted by Crippen LogP contribution is 2.19. The second-order valence-electron chi connectivity index (χ2n) is 3.04. The van der Waals surface area contributed by atoms with Gasteiger partial charge in [0.25, 0.3) is 0 Å². The van der Waals surface area contributed by atoms with Crippen LogP contribution in [-0.2, 0) is 0 Å². The lowest BCUT2D eigenvalue weighted by Gasteiger charge is -2.17. The second kappa shape index (κ2) is 4.35. The Morgan fingerprint density at radius 3 is 2.62 bits per heavy atom. The molecule has 0 spiro atoms. The Labute approximate surface area is 77.2 Å². The van der Waals surface area contributed by atoms with Crippen molar-refractivity contribution in [3.8, 4) is 0 Å². The fraction of sp³-hybridized carbons (Fsp3) is 0.400. The zero-order chi connectivity index (χ0) is 9.84. The molecule has 0 heterocycles. The topological polar surface area (TPSA) is 46.2 Å². The van der Waals surface area contributed by atoms with Gasteiger partial charge in [0, 0.05) is 11.6 Å². The average Bonchev–Trinajstić information content (AvgIpc) is 2.16. The third-order valence-electron chi connectivity index (χ3n) is 2.10. The number of rotatable bonds is 3. The molecular formula is C10H14FNO. The van der Waals surface area contributed by atoms with Gasteiger partial charge in [0.2, 0.25) is 0 Å². The average molecular weight is 183 g/mol. The first-order valence-electron chi connectivity index (χ1n) is 4.35. The van der Waals surface area contributed by atoms with Crippen LogP contribution < -0.4 is 5.73 Å². The van der Waals surface area contributed by atoms with Crippen molar-refractivity contribution in [2.75, 3.05) is 0 Å². The summed E-state index contributed by atoms with van der Waals surface area (Å²) in [5.41, 5.74) is 5.88. The van der Waals surface area contributed by atoms with Gasteiger partial charge in [-0.15, -0.1) is 0 Å². The fourth-order valence-electron chi connectivity index (χ4n) is 1.17. The van der Waals surface area contributed by atoms with Gasteiger partial charge in [0.05, 0.1) is 6.10 Å². The molecule has 3 heteroatoms. The minimum Gasteiger partial charge on any atom is -0.387 e. The van der Waals surface area contributed by atoms with Crippen LogP contribution in [0, 0.1) is 5.82 Å². The molecule has 0 saturated carbocycles. The summed E-state index contributed by atoms with van der Waals surface area (Å²) < 4.78 is 13.1. The number of nitrogens with two attached hydrogens (primary N) is 1. The van der Waals surface area contributed by atoms with Gasteiger partial charge in [-0.05, 0) is 12.5 Å². The van der Waals surface area contributed by atoms with Crippen molar-refractivity contribution in [1.82, 2.24) is 0 Å². The molecular weight excluding hydrogens is 169 g/mol. The molecule has 0 aliphatic carbocycles. The third-order valence-corrected chi connectivity index (χ3v) is 2.10. The highest BCUT2D eigenvalue weighted by molar-refractivity contribution is 5.20. The summed E-state index contributed by atoms with van der Waals surface area (Å²) in [6, 6.07) is 5.74. The lowest BCUT2D eigenvalue weighted by Crippen LogP contribution is -2.27. The molecule has 0 saturated heterocycles. The molecule has 72 valence electrons. The van der Waals surface area contributed by atoms with Gasteiger partial charge in [-0.25, -0.2) is 4.39 Å². The standard InChI is InChI=1S/C10H14FNO/c1-2-9(12)10(13)7-5-3-4-6-8(7)11/h3-6,9-10,13H,2,12H2,1H3/t9-,10+/m1/s1. The van der Waals surface area contributed by atoms with Crippen LogP contribution in [0.15, 0.2) is 24.3 Å².